The summed E-state index contributed by atoms with van der Waals surface area (Å²) in [5.41, 5.74) is 3.10. The number of carboxylic acid groups (broad SMARTS) is 1. The van der Waals surface area contributed by atoms with E-state index in [1.54, 1.807) is 6.07 Å². The van der Waals surface area contributed by atoms with Gasteiger partial charge in [0, 0.05) is 11.1 Å². The van der Waals surface area contributed by atoms with Gasteiger partial charge in [-0.05, 0) is 61.1 Å². The average molecular weight is 287 g/mol. The molecule has 2 aromatic heterocycles. The Kier molecular flexibility index (Phi) is 2.49. The van der Waals surface area contributed by atoms with Gasteiger partial charge in [0.05, 0.1) is 0 Å². The molecule has 3 nitrogen and oxygen atoms in total. The summed E-state index contributed by atoms with van der Waals surface area (Å²) in [6.07, 6.45) is 6.13. The van der Waals surface area contributed by atoms with Gasteiger partial charge in [-0.3, -0.25) is 0 Å². The number of aryl methyl sites for hydroxylation is 1. The van der Waals surface area contributed by atoms with Crippen molar-refractivity contribution in [3.63, 3.8) is 0 Å². The molecule has 2 heterocycles. The largest absolute Gasteiger partial charge is 0.477 e. The number of aromatic carboxylic acids is 1. The van der Waals surface area contributed by atoms with Crippen molar-refractivity contribution in [2.75, 3.05) is 0 Å². The van der Waals surface area contributed by atoms with Crippen molar-refractivity contribution in [1.29, 1.82) is 0 Å². The highest BCUT2D eigenvalue weighted by atomic mass is 32.1. The number of carbonyl (C=O) groups is 1. The Hall–Kier alpha value is -1.42. The first-order chi connectivity index (χ1) is 9.55. The van der Waals surface area contributed by atoms with Gasteiger partial charge in [-0.25, -0.2) is 9.78 Å². The van der Waals surface area contributed by atoms with Crippen molar-refractivity contribution < 1.29 is 9.90 Å². The van der Waals surface area contributed by atoms with Crippen LogP contribution in [0.2, 0.25) is 0 Å². The molecular weight excluding hydrogens is 270 g/mol. The van der Waals surface area contributed by atoms with Gasteiger partial charge in [-0.15, -0.1) is 11.3 Å². The van der Waals surface area contributed by atoms with Crippen LogP contribution in [0.5, 0.6) is 0 Å². The van der Waals surface area contributed by atoms with Crippen LogP contribution in [-0.4, -0.2) is 16.1 Å². The third kappa shape index (κ3) is 1.85. The van der Waals surface area contributed by atoms with Gasteiger partial charge < -0.3 is 5.11 Å². The number of hydrogen-bond donors (Lipinski definition) is 1. The lowest BCUT2D eigenvalue weighted by atomic mass is 9.77. The average Bonchev–Trinajstić information content (AvgIpc) is 3.03. The van der Waals surface area contributed by atoms with E-state index in [0.29, 0.717) is 10.3 Å². The fourth-order valence-corrected chi connectivity index (χ4v) is 4.30. The van der Waals surface area contributed by atoms with Crippen LogP contribution in [0.3, 0.4) is 0 Å². The maximum absolute atomic E-state index is 11.1. The van der Waals surface area contributed by atoms with E-state index in [2.05, 4.69) is 13.0 Å². The Labute approximate surface area is 121 Å². The first-order valence-corrected chi connectivity index (χ1v) is 8.02. The van der Waals surface area contributed by atoms with Crippen molar-refractivity contribution >= 4 is 27.5 Å². The Morgan fingerprint density at radius 2 is 2.25 bits per heavy atom. The SMILES string of the molecule is CC1(C2CCc3nc4sc(C(=O)O)cc4cc3C2)CC1. The number of pyridine rings is 1. The van der Waals surface area contributed by atoms with Gasteiger partial charge in [0.1, 0.15) is 9.71 Å². The summed E-state index contributed by atoms with van der Waals surface area (Å²) in [5.74, 6) is -0.0684. The molecule has 0 aliphatic heterocycles. The first-order valence-electron chi connectivity index (χ1n) is 7.21. The molecule has 2 aliphatic carbocycles. The highest BCUT2D eigenvalue weighted by Gasteiger charge is 2.45. The molecule has 2 aliphatic rings. The minimum atomic E-state index is -0.852. The lowest BCUT2D eigenvalue weighted by Crippen LogP contribution is -2.22. The van der Waals surface area contributed by atoms with Crippen LogP contribution < -0.4 is 0 Å². The Morgan fingerprint density at radius 1 is 1.45 bits per heavy atom. The maximum Gasteiger partial charge on any atom is 0.345 e. The van der Waals surface area contributed by atoms with Gasteiger partial charge in [0.2, 0.25) is 0 Å². The minimum Gasteiger partial charge on any atom is -0.477 e. The molecule has 104 valence electrons. The van der Waals surface area contributed by atoms with Gasteiger partial charge in [0.25, 0.3) is 0 Å². The minimum absolute atomic E-state index is 0.389. The zero-order valence-corrected chi connectivity index (χ0v) is 12.3. The molecule has 0 spiro atoms. The number of fused-ring (bicyclic) bond motifs is 2. The number of carboxylic acids is 1. The monoisotopic (exact) mass is 287 g/mol. The Balaban J connectivity index is 1.74. The van der Waals surface area contributed by atoms with Gasteiger partial charge in [0.15, 0.2) is 0 Å². The van der Waals surface area contributed by atoms with Crippen LogP contribution >= 0.6 is 11.3 Å². The quantitative estimate of drug-likeness (QED) is 0.911. The molecule has 1 unspecified atom stereocenters. The highest BCUT2D eigenvalue weighted by Crippen LogP contribution is 2.55. The van der Waals surface area contributed by atoms with E-state index in [-0.39, 0.29) is 0 Å². The van der Waals surface area contributed by atoms with Crippen LogP contribution in [0.4, 0.5) is 0 Å². The maximum atomic E-state index is 11.1. The molecule has 20 heavy (non-hydrogen) atoms. The summed E-state index contributed by atoms with van der Waals surface area (Å²) >= 11 is 1.29. The molecule has 2 aromatic rings. The third-order valence-corrected chi connectivity index (χ3v) is 6.14. The van der Waals surface area contributed by atoms with E-state index < -0.39 is 5.97 Å². The molecular formula is C16H17NO2S. The molecule has 4 rings (SSSR count). The van der Waals surface area contributed by atoms with Crippen LogP contribution in [-0.2, 0) is 12.8 Å². The second kappa shape index (κ2) is 4.04. The van der Waals surface area contributed by atoms with Crippen LogP contribution in [0.15, 0.2) is 12.1 Å². The Bertz CT molecular complexity index is 715. The number of nitrogens with zero attached hydrogens (tertiary/aromatic N) is 1. The molecule has 0 radical (unpaired) electrons. The van der Waals surface area contributed by atoms with Crippen LogP contribution in [0.25, 0.3) is 10.2 Å². The third-order valence-electron chi connectivity index (χ3n) is 5.11. The van der Waals surface area contributed by atoms with Crippen molar-refractivity contribution in [3.05, 3.63) is 28.3 Å². The summed E-state index contributed by atoms with van der Waals surface area (Å²) < 4.78 is 0. The standard InChI is InChI=1S/C16H17NO2S/c1-16(4-5-16)11-2-3-12-9(7-11)6-10-8-13(15(18)19)20-14(10)17-12/h6,8,11H,2-5,7H2,1H3,(H,18,19). The van der Waals surface area contributed by atoms with Gasteiger partial charge in [-0.2, -0.15) is 0 Å². The molecule has 1 N–H and O–H groups in total. The number of thiophene rings is 1. The Morgan fingerprint density at radius 3 is 2.95 bits per heavy atom. The summed E-state index contributed by atoms with van der Waals surface area (Å²) in [5, 5.41) is 10.1. The predicted molar refractivity (Wildman–Crippen MR) is 79.4 cm³/mol. The zero-order chi connectivity index (χ0) is 13.9. The van der Waals surface area contributed by atoms with Crippen LogP contribution in [0.1, 0.15) is 47.1 Å². The molecule has 1 atom stereocenters. The van der Waals surface area contributed by atoms with Gasteiger partial charge >= 0.3 is 5.97 Å². The van der Waals surface area contributed by atoms with Gasteiger partial charge in [-0.1, -0.05) is 6.92 Å². The van der Waals surface area contributed by atoms with E-state index in [4.69, 9.17) is 10.1 Å². The molecule has 4 heteroatoms. The van der Waals surface area contributed by atoms with E-state index in [1.807, 2.05) is 0 Å². The smallest absolute Gasteiger partial charge is 0.345 e. The van der Waals surface area contributed by atoms with E-state index >= 15 is 0 Å². The molecule has 0 amide bonds. The van der Waals surface area contributed by atoms with Crippen molar-refractivity contribution in [3.8, 4) is 0 Å². The summed E-state index contributed by atoms with van der Waals surface area (Å²) in [4.78, 5) is 17.0. The molecule has 1 fully saturated rings. The van der Waals surface area contributed by atoms with Crippen molar-refractivity contribution in [1.82, 2.24) is 4.98 Å². The van der Waals surface area contributed by atoms with E-state index in [9.17, 15) is 4.79 Å². The normalized spacial score (nSPS) is 23.6. The van der Waals surface area contributed by atoms with Crippen LogP contribution in [0, 0.1) is 11.3 Å². The number of aromatic nitrogens is 1. The molecule has 1 saturated carbocycles. The fraction of sp³-hybridized carbons (Fsp3) is 0.500. The van der Waals surface area contributed by atoms with E-state index in [1.165, 1.54) is 41.9 Å². The topological polar surface area (TPSA) is 50.2 Å². The summed E-state index contributed by atoms with van der Waals surface area (Å²) in [6, 6.07) is 3.94. The first kappa shape index (κ1) is 12.3. The number of hydrogen-bond acceptors (Lipinski definition) is 3. The highest BCUT2D eigenvalue weighted by molar-refractivity contribution is 7.20. The second-order valence-electron chi connectivity index (χ2n) is 6.50. The second-order valence-corrected chi connectivity index (χ2v) is 7.53. The lowest BCUT2D eigenvalue weighted by molar-refractivity contribution is 0.0702. The fourth-order valence-electron chi connectivity index (χ4n) is 3.43. The predicted octanol–water partition coefficient (Wildman–Crippen LogP) is 3.90. The lowest BCUT2D eigenvalue weighted by Gasteiger charge is -2.28. The molecule has 0 saturated heterocycles. The zero-order valence-electron chi connectivity index (χ0n) is 11.5. The molecule has 0 aromatic carbocycles. The van der Waals surface area contributed by atoms with Crippen molar-refractivity contribution in [2.24, 2.45) is 11.3 Å². The summed E-state index contributed by atoms with van der Waals surface area (Å²) in [7, 11) is 0. The number of rotatable bonds is 2. The van der Waals surface area contributed by atoms with E-state index in [0.717, 1.165) is 29.0 Å². The molecule has 0 bridgehead atoms. The summed E-state index contributed by atoms with van der Waals surface area (Å²) in [6.45, 7) is 2.40. The van der Waals surface area contributed by atoms with Crippen molar-refractivity contribution in [2.45, 2.75) is 39.0 Å².